The molecule has 7 heteroatoms. The van der Waals surface area contributed by atoms with Crippen molar-refractivity contribution in [3.05, 3.63) is 72.3 Å². The summed E-state index contributed by atoms with van der Waals surface area (Å²) in [6.45, 7) is 1.88. The Hall–Kier alpha value is -3.48. The first-order valence-electron chi connectivity index (χ1n) is 7.92. The van der Waals surface area contributed by atoms with Crippen molar-refractivity contribution in [2.75, 3.05) is 0 Å². The van der Waals surface area contributed by atoms with Gasteiger partial charge in [0.2, 0.25) is 0 Å². The summed E-state index contributed by atoms with van der Waals surface area (Å²) >= 11 is 0. The second-order valence-electron chi connectivity index (χ2n) is 5.75. The second-order valence-corrected chi connectivity index (χ2v) is 5.75. The Kier molecular flexibility index (Phi) is 3.74. The number of H-pyrrole nitrogens is 1. The van der Waals surface area contributed by atoms with E-state index < -0.39 is 0 Å². The van der Waals surface area contributed by atoms with Gasteiger partial charge in [0.05, 0.1) is 35.3 Å². The van der Waals surface area contributed by atoms with E-state index in [0.29, 0.717) is 11.3 Å². The summed E-state index contributed by atoms with van der Waals surface area (Å²) in [5.74, 6) is -0.168. The van der Waals surface area contributed by atoms with Crippen molar-refractivity contribution in [2.24, 2.45) is 0 Å². The van der Waals surface area contributed by atoms with Crippen LogP contribution in [0.1, 0.15) is 29.0 Å². The van der Waals surface area contributed by atoms with E-state index in [1.165, 1.54) is 0 Å². The van der Waals surface area contributed by atoms with Crippen LogP contribution < -0.4 is 5.32 Å². The van der Waals surface area contributed by atoms with Crippen molar-refractivity contribution in [3.8, 4) is 5.69 Å². The monoisotopic (exact) mass is 332 g/mol. The topological polar surface area (TPSA) is 88.5 Å². The van der Waals surface area contributed by atoms with Crippen molar-refractivity contribution in [1.29, 1.82) is 0 Å². The number of carbonyl (C=O) groups excluding carboxylic acids is 1. The average molecular weight is 332 g/mol. The van der Waals surface area contributed by atoms with Gasteiger partial charge in [-0.3, -0.25) is 4.79 Å². The number of fused-ring (bicyclic) bond motifs is 1. The van der Waals surface area contributed by atoms with Gasteiger partial charge < -0.3 is 10.3 Å². The minimum atomic E-state index is -0.262. The van der Waals surface area contributed by atoms with Crippen LogP contribution >= 0.6 is 0 Å². The Labute approximate surface area is 143 Å². The number of nitrogens with zero attached hydrogens (tertiary/aromatic N) is 4. The number of amides is 1. The van der Waals surface area contributed by atoms with Gasteiger partial charge >= 0.3 is 0 Å². The molecule has 2 aromatic heterocycles. The molecule has 124 valence electrons. The van der Waals surface area contributed by atoms with Crippen LogP contribution in [0.3, 0.4) is 0 Å². The van der Waals surface area contributed by atoms with Crippen molar-refractivity contribution < 1.29 is 4.79 Å². The summed E-state index contributed by atoms with van der Waals surface area (Å²) in [5.41, 5.74) is 3.84. The van der Waals surface area contributed by atoms with Crippen LogP contribution in [0, 0.1) is 0 Å². The highest BCUT2D eigenvalue weighted by molar-refractivity contribution is 5.97. The molecule has 0 saturated carbocycles. The predicted molar refractivity (Wildman–Crippen MR) is 93.3 cm³/mol. The molecule has 25 heavy (non-hydrogen) atoms. The number of rotatable bonds is 4. The predicted octanol–water partition coefficient (Wildman–Crippen LogP) is 2.63. The van der Waals surface area contributed by atoms with Crippen molar-refractivity contribution >= 4 is 16.9 Å². The molecule has 0 bridgehead atoms. The van der Waals surface area contributed by atoms with Gasteiger partial charge in [0, 0.05) is 5.56 Å². The minimum Gasteiger partial charge on any atom is -0.345 e. The van der Waals surface area contributed by atoms with E-state index >= 15 is 0 Å². The number of benzene rings is 2. The molecule has 2 aromatic carbocycles. The molecule has 0 aliphatic carbocycles. The third-order valence-electron chi connectivity index (χ3n) is 4.01. The van der Waals surface area contributed by atoms with E-state index in [1.54, 1.807) is 23.1 Å². The Balaban J connectivity index is 1.50. The lowest BCUT2D eigenvalue weighted by Crippen LogP contribution is -2.26. The standard InChI is InChI=1S/C18H16N6O/c1-12(17-10-24(23-22-17)14-5-3-2-4-6-14)21-18(25)13-7-8-15-16(9-13)20-11-19-15/h2-12H,1H3,(H,19,20)(H,21,25)/t12-/m1/s1. The van der Waals surface area contributed by atoms with Crippen LogP contribution in [0.25, 0.3) is 16.7 Å². The molecule has 7 nitrogen and oxygen atoms in total. The highest BCUT2D eigenvalue weighted by Gasteiger charge is 2.15. The van der Waals surface area contributed by atoms with Crippen LogP contribution in [0.4, 0.5) is 0 Å². The maximum Gasteiger partial charge on any atom is 0.251 e. The van der Waals surface area contributed by atoms with Gasteiger partial charge in [-0.1, -0.05) is 23.4 Å². The van der Waals surface area contributed by atoms with Gasteiger partial charge in [-0.25, -0.2) is 9.67 Å². The summed E-state index contributed by atoms with van der Waals surface area (Å²) in [5, 5.41) is 11.2. The van der Waals surface area contributed by atoms with E-state index in [2.05, 4.69) is 25.6 Å². The molecule has 4 rings (SSSR count). The van der Waals surface area contributed by atoms with Crippen LogP contribution in [0.2, 0.25) is 0 Å². The first-order valence-corrected chi connectivity index (χ1v) is 7.92. The molecule has 0 saturated heterocycles. The SMILES string of the molecule is C[C@@H](NC(=O)c1ccc2nc[nH]c2c1)c1cn(-c2ccccc2)nn1. The Morgan fingerprint density at radius 2 is 2.04 bits per heavy atom. The van der Waals surface area contributed by atoms with E-state index in [-0.39, 0.29) is 11.9 Å². The fraction of sp³-hybridized carbons (Fsp3) is 0.111. The normalized spacial score (nSPS) is 12.2. The van der Waals surface area contributed by atoms with Gasteiger partial charge in [-0.15, -0.1) is 5.10 Å². The third-order valence-corrected chi connectivity index (χ3v) is 4.01. The molecule has 1 atom stereocenters. The van der Waals surface area contributed by atoms with E-state index in [9.17, 15) is 4.79 Å². The Morgan fingerprint density at radius 3 is 2.88 bits per heavy atom. The summed E-state index contributed by atoms with van der Waals surface area (Å²) < 4.78 is 1.69. The van der Waals surface area contributed by atoms with E-state index in [4.69, 9.17) is 0 Å². The highest BCUT2D eigenvalue weighted by atomic mass is 16.1. The summed E-state index contributed by atoms with van der Waals surface area (Å²) in [7, 11) is 0. The van der Waals surface area contributed by atoms with Crippen LogP contribution in [-0.4, -0.2) is 30.9 Å². The summed E-state index contributed by atoms with van der Waals surface area (Å²) in [6.07, 6.45) is 3.43. The van der Waals surface area contributed by atoms with E-state index in [1.807, 2.05) is 49.5 Å². The quantitative estimate of drug-likeness (QED) is 0.601. The molecule has 2 heterocycles. The van der Waals surface area contributed by atoms with Gasteiger partial charge in [-0.2, -0.15) is 0 Å². The number of para-hydroxylation sites is 1. The number of aromatic amines is 1. The zero-order chi connectivity index (χ0) is 17.2. The maximum atomic E-state index is 12.5. The van der Waals surface area contributed by atoms with Crippen molar-refractivity contribution in [2.45, 2.75) is 13.0 Å². The summed E-state index contributed by atoms with van der Waals surface area (Å²) in [4.78, 5) is 19.6. The molecule has 0 aliphatic heterocycles. The third kappa shape index (κ3) is 2.99. The van der Waals surface area contributed by atoms with Gasteiger partial charge in [0.15, 0.2) is 0 Å². The lowest BCUT2D eigenvalue weighted by Gasteiger charge is -2.11. The van der Waals surface area contributed by atoms with Crippen LogP contribution in [-0.2, 0) is 0 Å². The number of hydrogen-bond donors (Lipinski definition) is 2. The maximum absolute atomic E-state index is 12.5. The lowest BCUT2D eigenvalue weighted by atomic mass is 10.1. The molecule has 4 aromatic rings. The molecule has 0 fully saturated rings. The molecule has 0 radical (unpaired) electrons. The average Bonchev–Trinajstić information content (AvgIpc) is 3.31. The molecule has 1 amide bonds. The fourth-order valence-electron chi connectivity index (χ4n) is 2.61. The first-order chi connectivity index (χ1) is 12.2. The molecule has 0 unspecified atom stereocenters. The van der Waals surface area contributed by atoms with Crippen molar-refractivity contribution in [1.82, 2.24) is 30.3 Å². The molecule has 2 N–H and O–H groups in total. The van der Waals surface area contributed by atoms with Gasteiger partial charge in [-0.05, 0) is 37.3 Å². The zero-order valence-corrected chi connectivity index (χ0v) is 13.5. The molecular weight excluding hydrogens is 316 g/mol. The number of imidazole rings is 1. The largest absolute Gasteiger partial charge is 0.345 e. The summed E-state index contributed by atoms with van der Waals surface area (Å²) in [6, 6.07) is 14.8. The van der Waals surface area contributed by atoms with Crippen LogP contribution in [0.15, 0.2) is 61.1 Å². The Bertz CT molecular complexity index is 1020. The highest BCUT2D eigenvalue weighted by Crippen LogP contribution is 2.15. The second kappa shape index (κ2) is 6.20. The molecule has 0 aliphatic rings. The molecular formula is C18H16N6O. The first kappa shape index (κ1) is 15.1. The number of nitrogens with one attached hydrogen (secondary N) is 2. The number of carbonyl (C=O) groups is 1. The van der Waals surface area contributed by atoms with Gasteiger partial charge in [0.1, 0.15) is 5.69 Å². The lowest BCUT2D eigenvalue weighted by molar-refractivity contribution is 0.0939. The smallest absolute Gasteiger partial charge is 0.251 e. The number of hydrogen-bond acceptors (Lipinski definition) is 4. The Morgan fingerprint density at radius 1 is 1.20 bits per heavy atom. The van der Waals surface area contributed by atoms with Crippen molar-refractivity contribution in [3.63, 3.8) is 0 Å². The number of aromatic nitrogens is 5. The van der Waals surface area contributed by atoms with E-state index in [0.717, 1.165) is 16.7 Å². The van der Waals surface area contributed by atoms with Crippen LogP contribution in [0.5, 0.6) is 0 Å². The minimum absolute atomic E-state index is 0.168. The zero-order valence-electron chi connectivity index (χ0n) is 13.5. The molecule has 0 spiro atoms. The fourth-order valence-corrected chi connectivity index (χ4v) is 2.61. The van der Waals surface area contributed by atoms with Gasteiger partial charge in [0.25, 0.3) is 5.91 Å².